The van der Waals surface area contributed by atoms with E-state index in [1.54, 1.807) is 23.2 Å². The number of anilines is 2. The summed E-state index contributed by atoms with van der Waals surface area (Å²) in [6.45, 7) is 4.58. The molecule has 1 aromatic carbocycles. The third kappa shape index (κ3) is 3.15. The molecule has 0 fully saturated rings. The third-order valence-electron chi connectivity index (χ3n) is 3.02. The van der Waals surface area contributed by atoms with Gasteiger partial charge in [-0.3, -0.25) is 9.78 Å². The van der Waals surface area contributed by atoms with Crippen LogP contribution < -0.4 is 10.6 Å². The van der Waals surface area contributed by atoms with E-state index in [1.165, 1.54) is 0 Å². The second kappa shape index (κ2) is 6.19. The van der Waals surface area contributed by atoms with Crippen molar-refractivity contribution in [1.29, 1.82) is 0 Å². The number of rotatable bonds is 4. The minimum atomic E-state index is -0.0250. The molecule has 0 unspecified atom stereocenters. The summed E-state index contributed by atoms with van der Waals surface area (Å²) in [5.41, 5.74) is 8.77. The van der Waals surface area contributed by atoms with E-state index in [9.17, 15) is 4.79 Å². The fourth-order valence-corrected chi connectivity index (χ4v) is 2.10. The quantitative estimate of drug-likeness (QED) is 0.868. The van der Waals surface area contributed by atoms with Crippen LogP contribution in [0.4, 0.5) is 11.4 Å². The van der Waals surface area contributed by atoms with Crippen LogP contribution in [0, 0.1) is 6.92 Å². The molecule has 0 atom stereocenters. The smallest absolute Gasteiger partial charge is 0.258 e. The average Bonchev–Trinajstić information content (AvgIpc) is 2.44. The van der Waals surface area contributed by atoms with Crippen molar-refractivity contribution in [3.63, 3.8) is 0 Å². The van der Waals surface area contributed by atoms with Crippen molar-refractivity contribution in [2.24, 2.45) is 0 Å². The monoisotopic (exact) mass is 269 g/mol. The Hall–Kier alpha value is -2.36. The molecular weight excluding hydrogens is 250 g/mol. The lowest BCUT2D eigenvalue weighted by Crippen LogP contribution is -2.31. The predicted molar refractivity (Wildman–Crippen MR) is 81.8 cm³/mol. The van der Waals surface area contributed by atoms with Gasteiger partial charge in [-0.25, -0.2) is 0 Å². The Balaban J connectivity index is 2.35. The number of aromatic nitrogens is 1. The SMILES string of the molecule is CCCN(C(=O)c1ccnc(C)c1)c1cccc(N)c1. The highest BCUT2D eigenvalue weighted by molar-refractivity contribution is 6.06. The number of carbonyl (C=O) groups is 1. The normalized spacial score (nSPS) is 10.3. The van der Waals surface area contributed by atoms with Gasteiger partial charge < -0.3 is 10.6 Å². The lowest BCUT2D eigenvalue weighted by molar-refractivity contribution is 0.0986. The lowest BCUT2D eigenvalue weighted by atomic mass is 10.1. The van der Waals surface area contributed by atoms with Crippen LogP contribution in [0.25, 0.3) is 0 Å². The number of hydrogen-bond acceptors (Lipinski definition) is 3. The first-order valence-corrected chi connectivity index (χ1v) is 6.72. The molecular formula is C16H19N3O. The number of nitrogens with two attached hydrogens (primary N) is 1. The molecule has 0 spiro atoms. The van der Waals surface area contributed by atoms with E-state index in [1.807, 2.05) is 38.1 Å². The summed E-state index contributed by atoms with van der Waals surface area (Å²) in [7, 11) is 0. The molecule has 2 N–H and O–H groups in total. The Morgan fingerprint density at radius 2 is 2.10 bits per heavy atom. The van der Waals surface area contributed by atoms with Gasteiger partial charge in [-0.15, -0.1) is 0 Å². The van der Waals surface area contributed by atoms with Crippen LogP contribution in [0.15, 0.2) is 42.6 Å². The standard InChI is InChI=1S/C16H19N3O/c1-3-9-19(15-6-4-5-14(17)11-15)16(20)13-7-8-18-12(2)10-13/h4-8,10-11H,3,9,17H2,1-2H3. The first kappa shape index (κ1) is 14.1. The summed E-state index contributed by atoms with van der Waals surface area (Å²) >= 11 is 0. The highest BCUT2D eigenvalue weighted by atomic mass is 16.2. The number of carbonyl (C=O) groups excluding carboxylic acids is 1. The second-order valence-electron chi connectivity index (χ2n) is 4.74. The van der Waals surface area contributed by atoms with Crippen LogP contribution in [0.1, 0.15) is 29.4 Å². The van der Waals surface area contributed by atoms with E-state index in [0.717, 1.165) is 17.8 Å². The van der Waals surface area contributed by atoms with E-state index in [4.69, 9.17) is 5.73 Å². The zero-order valence-electron chi connectivity index (χ0n) is 11.8. The Kier molecular flexibility index (Phi) is 4.35. The van der Waals surface area contributed by atoms with Gasteiger partial charge in [-0.1, -0.05) is 13.0 Å². The van der Waals surface area contributed by atoms with E-state index in [-0.39, 0.29) is 5.91 Å². The number of pyridine rings is 1. The predicted octanol–water partition coefficient (Wildman–Crippen LogP) is 3.03. The lowest BCUT2D eigenvalue weighted by Gasteiger charge is -2.22. The largest absolute Gasteiger partial charge is 0.399 e. The Morgan fingerprint density at radius 1 is 1.30 bits per heavy atom. The van der Waals surface area contributed by atoms with Gasteiger partial charge in [0.25, 0.3) is 5.91 Å². The highest BCUT2D eigenvalue weighted by Gasteiger charge is 2.17. The number of hydrogen-bond donors (Lipinski definition) is 1. The van der Waals surface area contributed by atoms with Crippen molar-refractivity contribution in [3.8, 4) is 0 Å². The molecule has 0 aliphatic carbocycles. The number of nitrogens with zero attached hydrogens (tertiary/aromatic N) is 2. The van der Waals surface area contributed by atoms with E-state index in [0.29, 0.717) is 17.8 Å². The van der Waals surface area contributed by atoms with Crippen molar-refractivity contribution in [2.45, 2.75) is 20.3 Å². The van der Waals surface area contributed by atoms with E-state index >= 15 is 0 Å². The number of aryl methyl sites for hydroxylation is 1. The minimum Gasteiger partial charge on any atom is -0.399 e. The van der Waals surface area contributed by atoms with Gasteiger partial charge in [0.1, 0.15) is 0 Å². The molecule has 0 aliphatic rings. The van der Waals surface area contributed by atoms with Crippen molar-refractivity contribution in [1.82, 2.24) is 4.98 Å². The number of benzene rings is 1. The molecule has 4 nitrogen and oxygen atoms in total. The molecule has 2 aromatic rings. The van der Waals surface area contributed by atoms with Gasteiger partial charge in [-0.2, -0.15) is 0 Å². The summed E-state index contributed by atoms with van der Waals surface area (Å²) < 4.78 is 0. The molecule has 0 radical (unpaired) electrons. The van der Waals surface area contributed by atoms with Gasteiger partial charge in [-0.05, 0) is 43.7 Å². The van der Waals surface area contributed by atoms with Crippen LogP contribution in [-0.4, -0.2) is 17.4 Å². The maximum Gasteiger partial charge on any atom is 0.258 e. The Labute approximate surface area is 119 Å². The minimum absolute atomic E-state index is 0.0250. The summed E-state index contributed by atoms with van der Waals surface area (Å²) in [5, 5.41) is 0. The summed E-state index contributed by atoms with van der Waals surface area (Å²) in [6.07, 6.45) is 2.54. The zero-order chi connectivity index (χ0) is 14.5. The van der Waals surface area contributed by atoms with Crippen LogP contribution in [0.5, 0.6) is 0 Å². The summed E-state index contributed by atoms with van der Waals surface area (Å²) in [6, 6.07) is 10.9. The molecule has 20 heavy (non-hydrogen) atoms. The van der Waals surface area contributed by atoms with Gasteiger partial charge in [0, 0.05) is 35.4 Å². The molecule has 4 heteroatoms. The van der Waals surface area contributed by atoms with E-state index < -0.39 is 0 Å². The number of amides is 1. The van der Waals surface area contributed by atoms with Crippen molar-refractivity contribution in [3.05, 3.63) is 53.9 Å². The molecule has 1 aromatic heterocycles. The van der Waals surface area contributed by atoms with Crippen LogP contribution in [-0.2, 0) is 0 Å². The molecule has 2 rings (SSSR count). The summed E-state index contributed by atoms with van der Waals surface area (Å²) in [5.74, 6) is -0.0250. The maximum absolute atomic E-state index is 12.7. The Morgan fingerprint density at radius 3 is 2.75 bits per heavy atom. The molecule has 104 valence electrons. The molecule has 1 amide bonds. The summed E-state index contributed by atoms with van der Waals surface area (Å²) in [4.78, 5) is 18.5. The van der Waals surface area contributed by atoms with Gasteiger partial charge in [0.15, 0.2) is 0 Å². The zero-order valence-corrected chi connectivity index (χ0v) is 11.8. The molecule has 1 heterocycles. The fourth-order valence-electron chi connectivity index (χ4n) is 2.10. The molecule has 0 saturated carbocycles. The molecule has 0 saturated heterocycles. The van der Waals surface area contributed by atoms with Crippen molar-refractivity contribution in [2.75, 3.05) is 17.2 Å². The maximum atomic E-state index is 12.7. The third-order valence-corrected chi connectivity index (χ3v) is 3.02. The highest BCUT2D eigenvalue weighted by Crippen LogP contribution is 2.20. The molecule has 0 aliphatic heterocycles. The second-order valence-corrected chi connectivity index (χ2v) is 4.74. The first-order valence-electron chi connectivity index (χ1n) is 6.72. The van der Waals surface area contributed by atoms with Gasteiger partial charge in [0.2, 0.25) is 0 Å². The number of nitrogen functional groups attached to an aromatic ring is 1. The van der Waals surface area contributed by atoms with Crippen molar-refractivity contribution < 1.29 is 4.79 Å². The van der Waals surface area contributed by atoms with E-state index in [2.05, 4.69) is 4.98 Å². The fraction of sp³-hybridized carbons (Fsp3) is 0.250. The van der Waals surface area contributed by atoms with Crippen LogP contribution in [0.3, 0.4) is 0 Å². The Bertz CT molecular complexity index is 610. The van der Waals surface area contributed by atoms with Crippen LogP contribution >= 0.6 is 0 Å². The van der Waals surface area contributed by atoms with Crippen LogP contribution in [0.2, 0.25) is 0 Å². The molecule has 0 bridgehead atoms. The van der Waals surface area contributed by atoms with Gasteiger partial charge >= 0.3 is 0 Å². The average molecular weight is 269 g/mol. The topological polar surface area (TPSA) is 59.2 Å². The van der Waals surface area contributed by atoms with Gasteiger partial charge in [0.05, 0.1) is 0 Å². The first-order chi connectivity index (χ1) is 9.61. The van der Waals surface area contributed by atoms with Crippen molar-refractivity contribution >= 4 is 17.3 Å².